The van der Waals surface area contributed by atoms with E-state index in [9.17, 15) is 58.8 Å². The average molecular weight is 1060 g/mol. The van der Waals surface area contributed by atoms with Gasteiger partial charge in [0.25, 0.3) is 0 Å². The van der Waals surface area contributed by atoms with Crippen LogP contribution in [0.15, 0.2) is 78.9 Å². The summed E-state index contributed by atoms with van der Waals surface area (Å²) >= 11 is 0. The average Bonchev–Trinajstić information content (AvgIpc) is 3.37. The second kappa shape index (κ2) is 32.7. The molecule has 2 aromatic carbocycles. The van der Waals surface area contributed by atoms with Crippen molar-refractivity contribution < 1.29 is 63.5 Å². The van der Waals surface area contributed by atoms with E-state index in [1.807, 2.05) is 36.4 Å². The maximum atomic E-state index is 13.9. The quantitative estimate of drug-likeness (QED) is 0.0333. The van der Waals surface area contributed by atoms with Crippen LogP contribution in [0.1, 0.15) is 111 Å². The number of hydrogen-bond donors (Lipinski definition) is 10. The summed E-state index contributed by atoms with van der Waals surface area (Å²) in [7, 11) is 1.42. The summed E-state index contributed by atoms with van der Waals surface area (Å²) in [5.74, 6) is -6.87. The standard InChI is InChI=1S/C56H83N7O13/c1-9-10-11-12-13-14-18-21-46(68)58-41(28-37-19-16-15-17-20-37)44(66)30-48(70)62-51(35(4)5)54(73)59-42(32-64)45(67)31-49(71)61-50(34(2)3)53(72)57-39-24-27-47(69)60-52(36(6)7)55(74)63(8)43(56(75)76-33-39)29-38-22-25-40(65)26-23-38/h14-20,22-27,34-36,39,41-45,50-52,64-67H,9-13,21,28-33H2,1-8H3,(H,57,72)(H,58,68)(H,59,73)(H,60,69)(H,61,71)(H,62,70). The maximum Gasteiger partial charge on any atom is 0.329 e. The fraction of sp³-hybridized carbons (Fsp3) is 0.571. The lowest BCUT2D eigenvalue weighted by molar-refractivity contribution is -0.156. The Kier molecular flexibility index (Phi) is 27.4. The minimum atomic E-state index is -1.69. The van der Waals surface area contributed by atoms with Crippen molar-refractivity contribution in [3.63, 3.8) is 0 Å². The first-order chi connectivity index (χ1) is 36.0. The number of amides is 7. The van der Waals surface area contributed by atoms with E-state index in [2.05, 4.69) is 38.8 Å². The fourth-order valence-electron chi connectivity index (χ4n) is 8.36. The van der Waals surface area contributed by atoms with Crippen molar-refractivity contribution in [2.24, 2.45) is 17.8 Å². The Morgan fingerprint density at radius 3 is 1.93 bits per heavy atom. The van der Waals surface area contributed by atoms with Gasteiger partial charge in [0, 0.05) is 26.0 Å². The largest absolute Gasteiger partial charge is 0.508 e. The third-order valence-corrected chi connectivity index (χ3v) is 13.0. The van der Waals surface area contributed by atoms with Crippen LogP contribution >= 0.6 is 0 Å². The Labute approximate surface area is 447 Å². The Morgan fingerprint density at radius 2 is 1.36 bits per heavy atom. The van der Waals surface area contributed by atoms with E-state index >= 15 is 0 Å². The number of carbonyl (C=O) groups excluding carboxylic acids is 8. The number of allylic oxidation sites excluding steroid dienone is 1. The maximum absolute atomic E-state index is 13.9. The fourth-order valence-corrected chi connectivity index (χ4v) is 8.36. The normalized spacial score (nSPS) is 18.8. The monoisotopic (exact) mass is 1060 g/mol. The highest BCUT2D eigenvalue weighted by atomic mass is 16.5. The van der Waals surface area contributed by atoms with Crippen LogP contribution in [0.5, 0.6) is 5.75 Å². The molecule has 9 unspecified atom stereocenters. The first-order valence-electron chi connectivity index (χ1n) is 26.4. The molecule has 420 valence electrons. The molecule has 2 aromatic rings. The van der Waals surface area contributed by atoms with Crippen molar-refractivity contribution in [1.82, 2.24) is 36.8 Å². The lowest BCUT2D eigenvalue weighted by atomic mass is 9.97. The third-order valence-electron chi connectivity index (χ3n) is 13.0. The van der Waals surface area contributed by atoms with Crippen LogP contribution in [0.25, 0.3) is 0 Å². The van der Waals surface area contributed by atoms with Gasteiger partial charge in [-0.2, -0.15) is 0 Å². The van der Waals surface area contributed by atoms with E-state index in [1.165, 1.54) is 30.2 Å². The molecule has 20 heteroatoms. The number of cyclic esters (lactones) is 1. The molecule has 76 heavy (non-hydrogen) atoms. The van der Waals surface area contributed by atoms with Crippen molar-refractivity contribution in [3.05, 3.63) is 90.0 Å². The summed E-state index contributed by atoms with van der Waals surface area (Å²) in [6.07, 6.45) is 7.51. The zero-order valence-corrected chi connectivity index (χ0v) is 45.3. The van der Waals surface area contributed by atoms with Gasteiger partial charge in [0.1, 0.15) is 36.5 Å². The van der Waals surface area contributed by atoms with Crippen molar-refractivity contribution in [2.45, 2.75) is 167 Å². The molecule has 20 nitrogen and oxygen atoms in total. The van der Waals surface area contributed by atoms with Crippen molar-refractivity contribution in [3.8, 4) is 5.75 Å². The Balaban J connectivity index is 1.67. The summed E-state index contributed by atoms with van der Waals surface area (Å²) in [5, 5.41) is 58.5. The van der Waals surface area contributed by atoms with E-state index in [0.29, 0.717) is 5.56 Å². The van der Waals surface area contributed by atoms with Crippen LogP contribution in [0.3, 0.4) is 0 Å². The number of aromatic hydroxyl groups is 1. The number of hydrogen-bond acceptors (Lipinski definition) is 13. The molecule has 9 atom stereocenters. The van der Waals surface area contributed by atoms with Crippen LogP contribution in [0.4, 0.5) is 0 Å². The summed E-state index contributed by atoms with van der Waals surface area (Å²) < 4.78 is 5.66. The molecule has 3 rings (SSSR count). The van der Waals surface area contributed by atoms with Crippen LogP contribution in [-0.2, 0) is 55.9 Å². The van der Waals surface area contributed by atoms with Gasteiger partial charge in [-0.05, 0) is 60.3 Å². The minimum absolute atomic E-state index is 0.00171. The molecule has 7 amide bonds. The Hall–Kier alpha value is -6.64. The number of ether oxygens (including phenoxy) is 1. The lowest BCUT2D eigenvalue weighted by Crippen LogP contribution is -2.57. The molecular formula is C56H83N7O13. The molecule has 0 aliphatic carbocycles. The van der Waals surface area contributed by atoms with Gasteiger partial charge < -0.3 is 62.0 Å². The molecule has 0 saturated heterocycles. The first kappa shape index (κ1) is 63.7. The van der Waals surface area contributed by atoms with Gasteiger partial charge in [0.15, 0.2) is 0 Å². The van der Waals surface area contributed by atoms with E-state index < -0.39 is 134 Å². The number of benzene rings is 2. The number of esters is 1. The van der Waals surface area contributed by atoms with E-state index in [0.717, 1.165) is 43.7 Å². The van der Waals surface area contributed by atoms with E-state index in [-0.39, 0.29) is 36.8 Å². The summed E-state index contributed by atoms with van der Waals surface area (Å²) in [5.41, 5.74) is 1.42. The Bertz CT molecular complexity index is 2260. The van der Waals surface area contributed by atoms with Gasteiger partial charge in [-0.15, -0.1) is 0 Å². The number of nitrogens with zero attached hydrogens (tertiary/aromatic N) is 1. The number of phenolic OH excluding ortho intramolecular Hbond substituents is 1. The highest BCUT2D eigenvalue weighted by Crippen LogP contribution is 2.18. The molecule has 0 radical (unpaired) electrons. The van der Waals surface area contributed by atoms with Crippen molar-refractivity contribution >= 4 is 47.3 Å². The molecule has 1 aliphatic rings. The number of phenols is 1. The van der Waals surface area contributed by atoms with Crippen molar-refractivity contribution in [2.75, 3.05) is 20.3 Å². The third kappa shape index (κ3) is 21.9. The van der Waals surface area contributed by atoms with Gasteiger partial charge >= 0.3 is 5.97 Å². The van der Waals surface area contributed by atoms with Crippen molar-refractivity contribution in [1.29, 1.82) is 0 Å². The minimum Gasteiger partial charge on any atom is -0.508 e. The molecule has 10 N–H and O–H groups in total. The molecule has 0 spiro atoms. The van der Waals surface area contributed by atoms with Crippen LogP contribution in [0.2, 0.25) is 0 Å². The first-order valence-corrected chi connectivity index (χ1v) is 26.4. The number of aliphatic hydroxyl groups is 3. The lowest BCUT2D eigenvalue weighted by Gasteiger charge is -2.32. The number of likely N-dealkylation sites (N-methyl/N-ethyl adjacent to an activating group) is 1. The Morgan fingerprint density at radius 1 is 0.750 bits per heavy atom. The topological polar surface area (TPSA) is 302 Å². The second-order valence-corrected chi connectivity index (χ2v) is 20.5. The second-order valence-electron chi connectivity index (χ2n) is 20.5. The summed E-state index contributed by atoms with van der Waals surface area (Å²) in [4.78, 5) is 109. The highest BCUT2D eigenvalue weighted by molar-refractivity contribution is 5.95. The van der Waals surface area contributed by atoms with Gasteiger partial charge in [-0.1, -0.05) is 128 Å². The highest BCUT2D eigenvalue weighted by Gasteiger charge is 2.37. The smallest absolute Gasteiger partial charge is 0.329 e. The van der Waals surface area contributed by atoms with E-state index in [4.69, 9.17) is 4.74 Å². The molecular weight excluding hydrogens is 979 g/mol. The summed E-state index contributed by atoms with van der Waals surface area (Å²) in [6, 6.07) is 7.20. The van der Waals surface area contributed by atoms with Crippen LogP contribution in [-0.4, -0.2) is 147 Å². The molecule has 0 fully saturated rings. The molecule has 1 heterocycles. The molecule has 0 aromatic heterocycles. The number of rotatable bonds is 28. The zero-order chi connectivity index (χ0) is 56.5. The number of aliphatic hydroxyl groups excluding tert-OH is 3. The van der Waals surface area contributed by atoms with E-state index in [1.54, 1.807) is 59.8 Å². The van der Waals surface area contributed by atoms with Gasteiger partial charge in [-0.3, -0.25) is 33.6 Å². The number of nitrogens with one attached hydrogen (secondary N) is 6. The predicted octanol–water partition coefficient (Wildman–Crippen LogP) is 2.41. The SMILES string of the molecule is CCCCCCC=CCC(=O)NC(Cc1ccccc1)C(O)CC(=O)NC(C(=O)NC(CO)C(O)CC(=O)NC(C(=O)NC1C=CC(=O)NC(C(C)C)C(=O)N(C)C(Cc2ccc(O)cc2)C(=O)OC1)C(C)C)C(C)C. The van der Waals surface area contributed by atoms with Crippen LogP contribution in [0, 0.1) is 17.8 Å². The van der Waals surface area contributed by atoms with Gasteiger partial charge in [0.05, 0.1) is 49.8 Å². The van der Waals surface area contributed by atoms with Gasteiger partial charge in [-0.25, -0.2) is 4.79 Å². The number of carbonyl (C=O) groups is 8. The number of unbranched alkanes of at least 4 members (excludes halogenated alkanes) is 4. The van der Waals surface area contributed by atoms with Crippen LogP contribution < -0.4 is 31.9 Å². The van der Waals surface area contributed by atoms with Gasteiger partial charge in [0.2, 0.25) is 41.4 Å². The molecule has 0 bridgehead atoms. The molecule has 0 saturated carbocycles. The summed E-state index contributed by atoms with van der Waals surface area (Å²) in [6.45, 7) is 10.9. The zero-order valence-electron chi connectivity index (χ0n) is 45.3. The molecule has 1 aliphatic heterocycles. The predicted molar refractivity (Wildman–Crippen MR) is 286 cm³/mol.